The van der Waals surface area contributed by atoms with Crippen molar-refractivity contribution in [3.8, 4) is 0 Å². The molecule has 1 aromatic carbocycles. The van der Waals surface area contributed by atoms with Crippen molar-refractivity contribution < 1.29 is 14.0 Å². The Kier molecular flexibility index (Phi) is 3.37. The Hall–Kier alpha value is -1.45. The number of rotatable bonds is 3. The maximum Gasteiger partial charge on any atom is 0.280 e. The van der Waals surface area contributed by atoms with Crippen molar-refractivity contribution in [2.75, 3.05) is 0 Å². The summed E-state index contributed by atoms with van der Waals surface area (Å²) in [5.41, 5.74) is 0.196. The van der Waals surface area contributed by atoms with E-state index in [2.05, 4.69) is 5.16 Å². The fraction of sp³-hybridized carbons (Fsp3) is 0.222. The summed E-state index contributed by atoms with van der Waals surface area (Å²) >= 11 is 0. The predicted molar refractivity (Wildman–Crippen MR) is 45.4 cm³/mol. The molecule has 0 aliphatic heterocycles. The summed E-state index contributed by atoms with van der Waals surface area (Å²) in [6.45, 7) is 0. The highest BCUT2D eigenvalue weighted by Crippen LogP contribution is 2.06. The van der Waals surface area contributed by atoms with E-state index in [9.17, 15) is 8.78 Å². The van der Waals surface area contributed by atoms with Crippen LogP contribution in [0.5, 0.6) is 0 Å². The summed E-state index contributed by atoms with van der Waals surface area (Å²) in [6, 6.07) is 8.69. The predicted octanol–water partition coefficient (Wildman–Crippen LogP) is 2.32. The fourth-order valence-corrected chi connectivity index (χ4v) is 0.961. The normalized spacial score (nSPS) is 12.1. The zero-order valence-corrected chi connectivity index (χ0v) is 6.82. The second-order valence-corrected chi connectivity index (χ2v) is 2.55. The largest absolute Gasteiger partial charge is 0.411 e. The van der Waals surface area contributed by atoms with Crippen molar-refractivity contribution in [3.63, 3.8) is 0 Å². The maximum absolute atomic E-state index is 12.1. The third-order valence-electron chi connectivity index (χ3n) is 1.61. The lowest BCUT2D eigenvalue weighted by atomic mass is 10.1. The Balaban J connectivity index is 2.69. The van der Waals surface area contributed by atoms with E-state index in [0.29, 0.717) is 5.56 Å². The van der Waals surface area contributed by atoms with Gasteiger partial charge in [0.25, 0.3) is 6.43 Å². The Morgan fingerprint density at radius 1 is 1.31 bits per heavy atom. The average molecular weight is 185 g/mol. The molecule has 0 bridgehead atoms. The number of alkyl halides is 2. The molecular weight excluding hydrogens is 176 g/mol. The molecule has 1 N–H and O–H groups in total. The summed E-state index contributed by atoms with van der Waals surface area (Å²) in [6.07, 6.45) is -2.72. The molecule has 0 saturated carbocycles. The van der Waals surface area contributed by atoms with Gasteiger partial charge in [-0.05, 0) is 5.56 Å². The summed E-state index contributed by atoms with van der Waals surface area (Å²) in [7, 11) is 0. The van der Waals surface area contributed by atoms with Gasteiger partial charge in [0, 0.05) is 6.42 Å². The smallest absolute Gasteiger partial charge is 0.280 e. The molecule has 0 saturated heterocycles. The van der Waals surface area contributed by atoms with Crippen molar-refractivity contribution in [3.05, 3.63) is 35.9 Å². The van der Waals surface area contributed by atoms with E-state index in [1.165, 1.54) is 0 Å². The van der Waals surface area contributed by atoms with Crippen molar-refractivity contribution in [2.24, 2.45) is 5.16 Å². The quantitative estimate of drug-likeness (QED) is 0.437. The van der Waals surface area contributed by atoms with Crippen molar-refractivity contribution in [1.82, 2.24) is 0 Å². The van der Waals surface area contributed by atoms with E-state index in [1.807, 2.05) is 0 Å². The van der Waals surface area contributed by atoms with Crippen LogP contribution in [0.3, 0.4) is 0 Å². The first-order chi connectivity index (χ1) is 6.24. The monoisotopic (exact) mass is 185 g/mol. The van der Waals surface area contributed by atoms with Crippen molar-refractivity contribution in [1.29, 1.82) is 0 Å². The van der Waals surface area contributed by atoms with Crippen LogP contribution in [0, 0.1) is 0 Å². The van der Waals surface area contributed by atoms with Crippen LogP contribution < -0.4 is 0 Å². The Morgan fingerprint density at radius 3 is 2.38 bits per heavy atom. The van der Waals surface area contributed by atoms with E-state index >= 15 is 0 Å². The summed E-state index contributed by atoms with van der Waals surface area (Å²) < 4.78 is 24.2. The zero-order valence-electron chi connectivity index (χ0n) is 6.82. The SMILES string of the molecule is O/N=C(\Cc1ccccc1)C(F)F. The van der Waals surface area contributed by atoms with Crippen LogP contribution >= 0.6 is 0 Å². The molecule has 0 aromatic heterocycles. The van der Waals surface area contributed by atoms with E-state index in [4.69, 9.17) is 5.21 Å². The van der Waals surface area contributed by atoms with Gasteiger partial charge in [-0.15, -0.1) is 0 Å². The molecule has 1 rings (SSSR count). The van der Waals surface area contributed by atoms with Crippen LogP contribution in [-0.4, -0.2) is 17.3 Å². The lowest BCUT2D eigenvalue weighted by Crippen LogP contribution is -2.13. The summed E-state index contributed by atoms with van der Waals surface area (Å²) in [5.74, 6) is 0. The second-order valence-electron chi connectivity index (χ2n) is 2.55. The molecule has 70 valence electrons. The van der Waals surface area contributed by atoms with Gasteiger partial charge in [-0.25, -0.2) is 8.78 Å². The van der Waals surface area contributed by atoms with Gasteiger partial charge in [-0.3, -0.25) is 0 Å². The standard InChI is InChI=1S/C9H9F2NO/c10-9(11)8(12-13)6-7-4-2-1-3-5-7/h1-5,9,13H,6H2/b12-8+. The molecule has 0 unspecified atom stereocenters. The average Bonchev–Trinajstić information content (AvgIpc) is 2.15. The first-order valence-corrected chi connectivity index (χ1v) is 3.77. The van der Waals surface area contributed by atoms with Crippen LogP contribution in [0.15, 0.2) is 35.5 Å². The molecule has 0 spiro atoms. The van der Waals surface area contributed by atoms with Gasteiger partial charge < -0.3 is 5.21 Å². The number of nitrogens with zero attached hydrogens (tertiary/aromatic N) is 1. The molecule has 4 heteroatoms. The Morgan fingerprint density at radius 2 is 1.92 bits per heavy atom. The summed E-state index contributed by atoms with van der Waals surface area (Å²) in [4.78, 5) is 0. The fourth-order valence-electron chi connectivity index (χ4n) is 0.961. The van der Waals surface area contributed by atoms with Crippen molar-refractivity contribution in [2.45, 2.75) is 12.8 Å². The van der Waals surface area contributed by atoms with Crippen LogP contribution in [0.4, 0.5) is 8.78 Å². The molecule has 0 heterocycles. The second kappa shape index (κ2) is 4.54. The molecule has 0 amide bonds. The number of benzene rings is 1. The minimum Gasteiger partial charge on any atom is -0.411 e. The molecule has 0 fully saturated rings. The maximum atomic E-state index is 12.1. The highest BCUT2D eigenvalue weighted by Gasteiger charge is 2.13. The first-order valence-electron chi connectivity index (χ1n) is 3.77. The number of oxime groups is 1. The molecule has 0 atom stereocenters. The lowest BCUT2D eigenvalue weighted by Gasteiger charge is -2.02. The number of hydrogen-bond donors (Lipinski definition) is 1. The molecule has 0 radical (unpaired) electrons. The third-order valence-corrected chi connectivity index (χ3v) is 1.61. The first kappa shape index (κ1) is 9.64. The van der Waals surface area contributed by atoms with Gasteiger partial charge in [0.05, 0.1) is 0 Å². The zero-order chi connectivity index (χ0) is 9.68. The minimum atomic E-state index is -2.70. The van der Waals surface area contributed by atoms with E-state index in [1.54, 1.807) is 30.3 Å². The third kappa shape index (κ3) is 2.82. The molecule has 0 aliphatic carbocycles. The highest BCUT2D eigenvalue weighted by atomic mass is 19.3. The molecule has 0 aliphatic rings. The van der Waals surface area contributed by atoms with Crippen LogP contribution in [-0.2, 0) is 6.42 Å². The van der Waals surface area contributed by atoms with Gasteiger partial charge >= 0.3 is 0 Å². The molecular formula is C9H9F2NO. The topological polar surface area (TPSA) is 32.6 Å². The molecule has 2 nitrogen and oxygen atoms in total. The molecule has 13 heavy (non-hydrogen) atoms. The van der Waals surface area contributed by atoms with Gasteiger partial charge in [0.2, 0.25) is 0 Å². The van der Waals surface area contributed by atoms with Crippen LogP contribution in [0.1, 0.15) is 5.56 Å². The van der Waals surface area contributed by atoms with Gasteiger partial charge in [0.1, 0.15) is 5.71 Å². The van der Waals surface area contributed by atoms with E-state index < -0.39 is 12.1 Å². The minimum absolute atomic E-state index is 0.0188. The van der Waals surface area contributed by atoms with Gasteiger partial charge in [-0.2, -0.15) is 0 Å². The van der Waals surface area contributed by atoms with E-state index in [0.717, 1.165) is 0 Å². The van der Waals surface area contributed by atoms with Crippen LogP contribution in [0.25, 0.3) is 0 Å². The summed E-state index contributed by atoms with van der Waals surface area (Å²) in [5, 5.41) is 10.8. The number of hydrogen-bond acceptors (Lipinski definition) is 2. The Labute approximate surface area is 74.5 Å². The number of halogens is 2. The lowest BCUT2D eigenvalue weighted by molar-refractivity contribution is 0.212. The van der Waals surface area contributed by atoms with Gasteiger partial charge in [0.15, 0.2) is 0 Å². The van der Waals surface area contributed by atoms with Gasteiger partial charge in [-0.1, -0.05) is 35.5 Å². The van der Waals surface area contributed by atoms with Crippen LogP contribution in [0.2, 0.25) is 0 Å². The Bertz CT molecular complexity index is 285. The molecule has 1 aromatic rings. The van der Waals surface area contributed by atoms with E-state index in [-0.39, 0.29) is 6.42 Å². The van der Waals surface area contributed by atoms with Crippen molar-refractivity contribution >= 4 is 5.71 Å². The highest BCUT2D eigenvalue weighted by molar-refractivity contribution is 5.88.